The highest BCUT2D eigenvalue weighted by Crippen LogP contribution is 2.30. The van der Waals surface area contributed by atoms with Gasteiger partial charge in [0.25, 0.3) is 10.0 Å². The molecule has 0 radical (unpaired) electrons. The van der Waals surface area contributed by atoms with Gasteiger partial charge in [-0.1, -0.05) is 24.3 Å². The van der Waals surface area contributed by atoms with E-state index in [0.29, 0.717) is 25.9 Å². The fourth-order valence-corrected chi connectivity index (χ4v) is 5.62. The lowest BCUT2D eigenvalue weighted by molar-refractivity contribution is -0.135. The Balaban J connectivity index is 1.53. The highest BCUT2D eigenvalue weighted by atomic mass is 32.2. The lowest BCUT2D eigenvalue weighted by Crippen LogP contribution is -2.48. The van der Waals surface area contributed by atoms with Crippen molar-refractivity contribution in [3.8, 4) is 0 Å². The van der Waals surface area contributed by atoms with Crippen LogP contribution in [0.25, 0.3) is 0 Å². The van der Waals surface area contributed by atoms with Crippen molar-refractivity contribution in [3.05, 3.63) is 53.3 Å². The standard InChI is InChI=1S/C21H24N2O6S/c1-2-28-21(25)18-9-10-19(29-18)30(26,27)23-12-5-8-17(23)20(24)22-13-11-15-6-3-4-7-16(15)14-22/h3-4,6-7,9-10,17H,2,5,8,11-14H2,1H3/t17-/m0/s1. The lowest BCUT2D eigenvalue weighted by atomic mass is 9.99. The third kappa shape index (κ3) is 3.75. The lowest BCUT2D eigenvalue weighted by Gasteiger charge is -2.33. The van der Waals surface area contributed by atoms with Gasteiger partial charge in [0.1, 0.15) is 6.04 Å². The molecule has 2 aliphatic rings. The number of sulfonamides is 1. The number of hydrogen-bond acceptors (Lipinski definition) is 6. The fraction of sp³-hybridized carbons (Fsp3) is 0.429. The summed E-state index contributed by atoms with van der Waals surface area (Å²) in [5.74, 6) is -1.09. The highest BCUT2D eigenvalue weighted by molar-refractivity contribution is 7.89. The van der Waals surface area contributed by atoms with Crippen LogP contribution in [0.2, 0.25) is 0 Å². The summed E-state index contributed by atoms with van der Waals surface area (Å²) >= 11 is 0. The van der Waals surface area contributed by atoms with Gasteiger partial charge in [-0.05, 0) is 49.4 Å². The molecule has 0 saturated carbocycles. The van der Waals surface area contributed by atoms with E-state index in [9.17, 15) is 18.0 Å². The van der Waals surface area contributed by atoms with Gasteiger partial charge in [0.05, 0.1) is 6.61 Å². The number of benzene rings is 1. The summed E-state index contributed by atoms with van der Waals surface area (Å²) in [6.45, 7) is 3.08. The molecule has 30 heavy (non-hydrogen) atoms. The maximum atomic E-state index is 13.2. The molecule has 8 nitrogen and oxygen atoms in total. The van der Waals surface area contributed by atoms with Gasteiger partial charge in [-0.15, -0.1) is 0 Å². The predicted molar refractivity (Wildman–Crippen MR) is 107 cm³/mol. The van der Waals surface area contributed by atoms with Crippen molar-refractivity contribution in [1.82, 2.24) is 9.21 Å². The zero-order valence-corrected chi connectivity index (χ0v) is 17.6. The monoisotopic (exact) mass is 432 g/mol. The first kappa shape index (κ1) is 20.6. The minimum atomic E-state index is -4.05. The highest BCUT2D eigenvalue weighted by Gasteiger charge is 2.43. The van der Waals surface area contributed by atoms with Gasteiger partial charge in [-0.3, -0.25) is 4.79 Å². The molecular weight excluding hydrogens is 408 g/mol. The number of nitrogens with zero attached hydrogens (tertiary/aromatic N) is 2. The van der Waals surface area contributed by atoms with E-state index in [4.69, 9.17) is 9.15 Å². The van der Waals surface area contributed by atoms with Crippen LogP contribution in [-0.4, -0.2) is 55.2 Å². The average Bonchev–Trinajstić information content (AvgIpc) is 3.43. The zero-order chi connectivity index (χ0) is 21.3. The van der Waals surface area contributed by atoms with Gasteiger partial charge >= 0.3 is 5.97 Å². The van der Waals surface area contributed by atoms with E-state index in [2.05, 4.69) is 6.07 Å². The van der Waals surface area contributed by atoms with Crippen LogP contribution >= 0.6 is 0 Å². The SMILES string of the molecule is CCOC(=O)c1ccc(S(=O)(=O)N2CCC[C@H]2C(=O)N2CCc3ccccc3C2)o1. The molecule has 1 amide bonds. The topological polar surface area (TPSA) is 97.1 Å². The summed E-state index contributed by atoms with van der Waals surface area (Å²) in [7, 11) is -4.05. The number of esters is 1. The maximum Gasteiger partial charge on any atom is 0.374 e. The van der Waals surface area contributed by atoms with Crippen LogP contribution in [0, 0.1) is 0 Å². The van der Waals surface area contributed by atoms with Crippen LogP contribution in [0.15, 0.2) is 45.9 Å². The van der Waals surface area contributed by atoms with E-state index < -0.39 is 22.0 Å². The zero-order valence-electron chi connectivity index (χ0n) is 16.7. The molecule has 160 valence electrons. The van der Waals surface area contributed by atoms with Crippen molar-refractivity contribution >= 4 is 21.9 Å². The van der Waals surface area contributed by atoms with E-state index in [1.54, 1.807) is 11.8 Å². The van der Waals surface area contributed by atoms with Crippen LogP contribution in [0.4, 0.5) is 0 Å². The van der Waals surface area contributed by atoms with Crippen molar-refractivity contribution in [2.24, 2.45) is 0 Å². The number of furan rings is 1. The Morgan fingerprint density at radius 2 is 1.90 bits per heavy atom. The Labute approximate surface area is 175 Å². The third-order valence-electron chi connectivity index (χ3n) is 5.55. The smallest absolute Gasteiger partial charge is 0.374 e. The van der Waals surface area contributed by atoms with Crippen LogP contribution in [0.3, 0.4) is 0 Å². The third-order valence-corrected chi connectivity index (χ3v) is 7.33. The number of hydrogen-bond donors (Lipinski definition) is 0. The Morgan fingerprint density at radius 1 is 1.13 bits per heavy atom. The first-order valence-electron chi connectivity index (χ1n) is 10.1. The van der Waals surface area contributed by atoms with Gasteiger partial charge in [0.15, 0.2) is 0 Å². The molecule has 2 aromatic rings. The van der Waals surface area contributed by atoms with Crippen LogP contribution < -0.4 is 0 Å². The molecule has 0 spiro atoms. The molecule has 1 aromatic carbocycles. The Bertz CT molecular complexity index is 1060. The molecule has 4 rings (SSSR count). The quantitative estimate of drug-likeness (QED) is 0.672. The van der Waals surface area contributed by atoms with Gasteiger partial charge in [0.2, 0.25) is 16.8 Å². The van der Waals surface area contributed by atoms with E-state index in [-0.39, 0.29) is 29.9 Å². The maximum absolute atomic E-state index is 13.2. The summed E-state index contributed by atoms with van der Waals surface area (Å²) in [6.07, 6.45) is 1.80. The van der Waals surface area contributed by atoms with Crippen molar-refractivity contribution in [2.45, 2.75) is 43.9 Å². The second-order valence-corrected chi connectivity index (χ2v) is 9.21. The number of fused-ring (bicyclic) bond motifs is 1. The van der Waals surface area contributed by atoms with Crippen molar-refractivity contribution < 1.29 is 27.2 Å². The van der Waals surface area contributed by atoms with E-state index >= 15 is 0 Å². The normalized spacial score (nSPS) is 19.5. The van der Waals surface area contributed by atoms with Crippen molar-refractivity contribution in [2.75, 3.05) is 19.7 Å². The molecule has 1 atom stereocenters. The van der Waals surface area contributed by atoms with Gasteiger partial charge in [-0.2, -0.15) is 4.31 Å². The molecule has 9 heteroatoms. The largest absolute Gasteiger partial charge is 0.460 e. The number of carbonyl (C=O) groups is 2. The second kappa shape index (κ2) is 8.23. The van der Waals surface area contributed by atoms with Crippen LogP contribution in [0.5, 0.6) is 0 Å². The van der Waals surface area contributed by atoms with Crippen molar-refractivity contribution in [3.63, 3.8) is 0 Å². The Morgan fingerprint density at radius 3 is 2.67 bits per heavy atom. The molecule has 1 saturated heterocycles. The molecule has 0 unspecified atom stereocenters. The predicted octanol–water partition coefficient (Wildman–Crippen LogP) is 2.19. The molecule has 1 fully saturated rings. The van der Waals surface area contributed by atoms with E-state index in [1.165, 1.54) is 22.0 Å². The summed E-state index contributed by atoms with van der Waals surface area (Å²) in [5.41, 5.74) is 2.31. The minimum Gasteiger partial charge on any atom is -0.460 e. The van der Waals surface area contributed by atoms with Gasteiger partial charge in [-0.25, -0.2) is 13.2 Å². The average molecular weight is 432 g/mol. The Kier molecular flexibility index (Phi) is 5.66. The van der Waals surface area contributed by atoms with Crippen LogP contribution in [-0.2, 0) is 32.5 Å². The summed E-state index contributed by atoms with van der Waals surface area (Å²) < 4.78 is 37.6. The summed E-state index contributed by atoms with van der Waals surface area (Å²) in [6, 6.07) is 9.72. The molecule has 3 heterocycles. The molecule has 0 bridgehead atoms. The first-order chi connectivity index (χ1) is 14.4. The van der Waals surface area contributed by atoms with E-state index in [0.717, 1.165) is 12.0 Å². The molecule has 1 aromatic heterocycles. The number of carbonyl (C=O) groups excluding carboxylic acids is 2. The molecule has 2 aliphatic heterocycles. The van der Waals surface area contributed by atoms with E-state index in [1.807, 2.05) is 18.2 Å². The Hall–Kier alpha value is -2.65. The van der Waals surface area contributed by atoms with Gasteiger partial charge in [0, 0.05) is 19.6 Å². The summed E-state index contributed by atoms with van der Waals surface area (Å²) in [4.78, 5) is 26.7. The number of amides is 1. The summed E-state index contributed by atoms with van der Waals surface area (Å²) in [5, 5.41) is -0.353. The first-order valence-corrected chi connectivity index (χ1v) is 11.5. The molecule has 0 N–H and O–H groups in total. The minimum absolute atomic E-state index is 0.156. The van der Waals surface area contributed by atoms with Crippen molar-refractivity contribution in [1.29, 1.82) is 0 Å². The number of ether oxygens (including phenoxy) is 1. The van der Waals surface area contributed by atoms with Gasteiger partial charge < -0.3 is 14.1 Å². The molecular formula is C21H24N2O6S. The molecule has 0 aliphatic carbocycles. The fourth-order valence-electron chi connectivity index (χ4n) is 4.06. The number of rotatable bonds is 5. The van der Waals surface area contributed by atoms with Crippen LogP contribution in [0.1, 0.15) is 41.4 Å². The second-order valence-electron chi connectivity index (χ2n) is 7.39.